The van der Waals surface area contributed by atoms with Crippen molar-refractivity contribution in [1.29, 1.82) is 0 Å². The van der Waals surface area contributed by atoms with Gasteiger partial charge in [0.2, 0.25) is 0 Å². The van der Waals surface area contributed by atoms with Gasteiger partial charge in [-0.05, 0) is 25.2 Å². The van der Waals surface area contributed by atoms with E-state index in [-0.39, 0.29) is 17.4 Å². The zero-order valence-electron chi connectivity index (χ0n) is 9.80. The van der Waals surface area contributed by atoms with Gasteiger partial charge in [0.25, 0.3) is 0 Å². The zero-order valence-corrected chi connectivity index (χ0v) is 10.6. The number of hydrogen-bond acceptors (Lipinski definition) is 4. The van der Waals surface area contributed by atoms with Crippen LogP contribution in [0.4, 0.5) is 0 Å². The van der Waals surface area contributed by atoms with Gasteiger partial charge in [-0.15, -0.1) is 0 Å². The topological polar surface area (TPSA) is 91.7 Å². The first kappa shape index (κ1) is 12.8. The summed E-state index contributed by atoms with van der Waals surface area (Å²) in [4.78, 5) is 11.5. The molecular weight excluding hydrogens is 244 g/mol. The molecule has 0 aromatic carbocycles. The number of hydrogen-bond donors (Lipinski definition) is 2. The van der Waals surface area contributed by atoms with Crippen molar-refractivity contribution in [2.75, 3.05) is 11.5 Å². The highest BCUT2D eigenvalue weighted by Gasteiger charge is 2.56. The van der Waals surface area contributed by atoms with E-state index >= 15 is 0 Å². The molecular formula is C11H18O5S. The fourth-order valence-electron chi connectivity index (χ4n) is 3.38. The van der Waals surface area contributed by atoms with Gasteiger partial charge in [0.05, 0.1) is 23.0 Å². The molecule has 2 rings (SSSR count). The Hall–Kier alpha value is -0.620. The number of aliphatic hydroxyl groups excluding tert-OH is 1. The lowest BCUT2D eigenvalue weighted by Crippen LogP contribution is -2.42. The fraction of sp³-hybridized carbons (Fsp3) is 0.909. The molecule has 0 amide bonds. The summed E-state index contributed by atoms with van der Waals surface area (Å²) < 4.78 is 23.0. The summed E-state index contributed by atoms with van der Waals surface area (Å²) in [6.45, 7) is 1.97. The molecule has 1 aliphatic carbocycles. The molecule has 0 aromatic heterocycles. The molecule has 0 radical (unpaired) electrons. The van der Waals surface area contributed by atoms with E-state index in [2.05, 4.69) is 0 Å². The van der Waals surface area contributed by atoms with Crippen LogP contribution in [-0.2, 0) is 14.6 Å². The third-order valence-corrected chi connectivity index (χ3v) is 5.97. The number of carboxylic acids is 1. The number of rotatable bonds is 2. The highest BCUT2D eigenvalue weighted by Crippen LogP contribution is 2.50. The van der Waals surface area contributed by atoms with Crippen molar-refractivity contribution in [2.24, 2.45) is 17.3 Å². The van der Waals surface area contributed by atoms with Crippen LogP contribution in [0.25, 0.3) is 0 Å². The van der Waals surface area contributed by atoms with Crippen LogP contribution in [0.5, 0.6) is 0 Å². The van der Waals surface area contributed by atoms with E-state index in [0.29, 0.717) is 12.8 Å². The Morgan fingerprint density at radius 1 is 1.35 bits per heavy atom. The fourth-order valence-corrected chi connectivity index (χ4v) is 5.35. The summed E-state index contributed by atoms with van der Waals surface area (Å²) in [6.07, 6.45) is 0.706. The van der Waals surface area contributed by atoms with E-state index in [0.717, 1.165) is 6.42 Å². The molecule has 5 nitrogen and oxygen atoms in total. The number of sulfone groups is 1. The van der Waals surface area contributed by atoms with Crippen molar-refractivity contribution in [3.63, 3.8) is 0 Å². The zero-order chi connectivity index (χ0) is 12.8. The van der Waals surface area contributed by atoms with Crippen LogP contribution in [0.15, 0.2) is 0 Å². The van der Waals surface area contributed by atoms with Gasteiger partial charge in [0.15, 0.2) is 9.84 Å². The molecule has 1 heterocycles. The highest BCUT2D eigenvalue weighted by molar-refractivity contribution is 7.91. The van der Waals surface area contributed by atoms with Gasteiger partial charge in [0, 0.05) is 5.92 Å². The van der Waals surface area contributed by atoms with Crippen molar-refractivity contribution in [1.82, 2.24) is 0 Å². The van der Waals surface area contributed by atoms with Crippen LogP contribution in [0.3, 0.4) is 0 Å². The van der Waals surface area contributed by atoms with Gasteiger partial charge in [-0.25, -0.2) is 8.42 Å². The summed E-state index contributed by atoms with van der Waals surface area (Å²) >= 11 is 0. The second-order valence-corrected chi connectivity index (χ2v) is 7.71. The van der Waals surface area contributed by atoms with Gasteiger partial charge < -0.3 is 10.2 Å². The third kappa shape index (κ3) is 2.08. The van der Waals surface area contributed by atoms with Crippen LogP contribution in [0, 0.1) is 17.3 Å². The van der Waals surface area contributed by atoms with E-state index in [1.54, 1.807) is 0 Å². The maximum atomic E-state index is 11.5. The molecule has 2 aliphatic rings. The first-order valence-corrected chi connectivity index (χ1v) is 7.71. The van der Waals surface area contributed by atoms with Crippen LogP contribution in [0.1, 0.15) is 26.2 Å². The van der Waals surface area contributed by atoms with E-state index in [1.165, 1.54) is 0 Å². The minimum Gasteiger partial charge on any atom is -0.481 e. The Morgan fingerprint density at radius 3 is 2.35 bits per heavy atom. The average molecular weight is 262 g/mol. The molecule has 2 N–H and O–H groups in total. The van der Waals surface area contributed by atoms with Crippen LogP contribution < -0.4 is 0 Å². The monoisotopic (exact) mass is 262 g/mol. The summed E-state index contributed by atoms with van der Waals surface area (Å²) in [5, 5.41) is 19.3. The first-order valence-electron chi connectivity index (χ1n) is 5.89. The summed E-state index contributed by atoms with van der Waals surface area (Å²) in [5.41, 5.74) is -1.04. The number of aliphatic carboxylic acids is 1. The Morgan fingerprint density at radius 2 is 2.00 bits per heavy atom. The Kier molecular flexibility index (Phi) is 2.98. The maximum absolute atomic E-state index is 11.5. The lowest BCUT2D eigenvalue weighted by Gasteiger charge is -2.32. The highest BCUT2D eigenvalue weighted by atomic mass is 32.2. The average Bonchev–Trinajstić information content (AvgIpc) is 2.68. The number of carboxylic acid groups (broad SMARTS) is 1. The van der Waals surface area contributed by atoms with E-state index in [1.807, 2.05) is 6.92 Å². The molecule has 0 bridgehead atoms. The van der Waals surface area contributed by atoms with Gasteiger partial charge in [-0.2, -0.15) is 0 Å². The van der Waals surface area contributed by atoms with Gasteiger partial charge in [-0.1, -0.05) is 6.92 Å². The molecule has 1 aliphatic heterocycles. The van der Waals surface area contributed by atoms with Gasteiger partial charge in [0.1, 0.15) is 0 Å². The van der Waals surface area contributed by atoms with E-state index < -0.39 is 33.2 Å². The molecule has 98 valence electrons. The predicted molar refractivity (Wildman–Crippen MR) is 61.2 cm³/mol. The largest absolute Gasteiger partial charge is 0.481 e. The van der Waals surface area contributed by atoms with E-state index in [9.17, 15) is 23.4 Å². The van der Waals surface area contributed by atoms with Crippen molar-refractivity contribution in [3.05, 3.63) is 0 Å². The second-order valence-electron chi connectivity index (χ2n) is 5.56. The molecule has 1 saturated heterocycles. The maximum Gasteiger partial charge on any atom is 0.310 e. The number of aliphatic hydroxyl groups is 1. The van der Waals surface area contributed by atoms with Crippen LogP contribution >= 0.6 is 0 Å². The second kappa shape index (κ2) is 3.95. The molecule has 4 unspecified atom stereocenters. The quantitative estimate of drug-likeness (QED) is 0.746. The van der Waals surface area contributed by atoms with Crippen molar-refractivity contribution in [3.8, 4) is 0 Å². The minimum absolute atomic E-state index is 0.187. The SMILES string of the molecule is CC1CCC(C(=O)O)(C2CS(=O)(=O)CC2O)C1. The normalized spacial score (nSPS) is 44.9. The molecule has 1 saturated carbocycles. The Bertz CT molecular complexity index is 429. The van der Waals surface area contributed by atoms with Crippen molar-refractivity contribution < 1.29 is 23.4 Å². The standard InChI is InChI=1S/C11H18O5S/c1-7-2-3-11(4-7,10(13)14)8-5-17(15,16)6-9(8)12/h7-9,12H,2-6H2,1H3,(H,13,14). The molecule has 4 atom stereocenters. The number of carbonyl (C=O) groups is 1. The Balaban J connectivity index is 2.33. The van der Waals surface area contributed by atoms with Crippen molar-refractivity contribution >= 4 is 15.8 Å². The van der Waals surface area contributed by atoms with Gasteiger partial charge in [-0.3, -0.25) is 4.79 Å². The lowest BCUT2D eigenvalue weighted by atomic mass is 9.72. The molecule has 6 heteroatoms. The van der Waals surface area contributed by atoms with Crippen molar-refractivity contribution in [2.45, 2.75) is 32.3 Å². The first-order chi connectivity index (χ1) is 7.77. The molecule has 2 fully saturated rings. The van der Waals surface area contributed by atoms with Gasteiger partial charge >= 0.3 is 5.97 Å². The predicted octanol–water partition coefficient (Wildman–Crippen LogP) is 0.283. The molecule has 17 heavy (non-hydrogen) atoms. The summed E-state index contributed by atoms with van der Waals surface area (Å²) in [5.74, 6) is -1.80. The van der Waals surface area contributed by atoms with Crippen LogP contribution in [0.2, 0.25) is 0 Å². The Labute approximate surface area is 101 Å². The van der Waals surface area contributed by atoms with E-state index in [4.69, 9.17) is 0 Å². The van der Waals surface area contributed by atoms with Crippen LogP contribution in [-0.4, -0.2) is 42.2 Å². The smallest absolute Gasteiger partial charge is 0.310 e. The lowest BCUT2D eigenvalue weighted by molar-refractivity contribution is -0.154. The molecule has 0 aromatic rings. The molecule has 0 spiro atoms. The third-order valence-electron chi connectivity index (χ3n) is 4.25. The summed E-state index contributed by atoms with van der Waals surface area (Å²) in [7, 11) is -3.28. The summed E-state index contributed by atoms with van der Waals surface area (Å²) in [6, 6.07) is 0. The minimum atomic E-state index is -3.28.